The molecule has 0 spiro atoms. The zero-order valence-electron chi connectivity index (χ0n) is 12.6. The maximum absolute atomic E-state index is 12.9. The molecular weight excluding hydrogens is 290 g/mol. The first-order valence-corrected chi connectivity index (χ1v) is 7.83. The largest absolute Gasteiger partial charge is 0.497 e. The van der Waals surface area contributed by atoms with Crippen molar-refractivity contribution in [1.29, 1.82) is 0 Å². The molecule has 1 amide bonds. The Hall–Kier alpha value is -1.42. The summed E-state index contributed by atoms with van der Waals surface area (Å²) in [6.07, 6.45) is 4.45. The van der Waals surface area contributed by atoms with Crippen LogP contribution in [0, 0.1) is 0 Å². The molecule has 1 aromatic carbocycles. The lowest BCUT2D eigenvalue weighted by Crippen LogP contribution is -2.40. The van der Waals surface area contributed by atoms with Crippen LogP contribution in [0.25, 0.3) is 0 Å². The van der Waals surface area contributed by atoms with E-state index in [1.165, 1.54) is 12.8 Å². The molecule has 0 bridgehead atoms. The van der Waals surface area contributed by atoms with Gasteiger partial charge in [-0.05, 0) is 31.0 Å². The summed E-state index contributed by atoms with van der Waals surface area (Å²) in [6, 6.07) is 5.57. The lowest BCUT2D eigenvalue weighted by Gasteiger charge is -2.29. The highest BCUT2D eigenvalue weighted by Crippen LogP contribution is 2.29. The lowest BCUT2D eigenvalue weighted by atomic mass is 10.1. The van der Waals surface area contributed by atoms with Crippen LogP contribution < -0.4 is 9.47 Å². The van der Waals surface area contributed by atoms with Crippen LogP contribution in [0.4, 0.5) is 0 Å². The number of alkyl halides is 1. The number of hydrogen-bond acceptors (Lipinski definition) is 3. The van der Waals surface area contributed by atoms with Gasteiger partial charge in [0.25, 0.3) is 5.91 Å². The summed E-state index contributed by atoms with van der Waals surface area (Å²) in [5.74, 6) is 1.63. The fourth-order valence-corrected chi connectivity index (χ4v) is 3.07. The Bertz CT molecular complexity index is 486. The van der Waals surface area contributed by atoms with E-state index < -0.39 is 0 Å². The van der Waals surface area contributed by atoms with Crippen LogP contribution in [0.15, 0.2) is 18.2 Å². The number of methoxy groups -OCH3 is 2. The van der Waals surface area contributed by atoms with Crippen molar-refractivity contribution >= 4 is 17.5 Å². The average molecular weight is 312 g/mol. The van der Waals surface area contributed by atoms with Gasteiger partial charge >= 0.3 is 0 Å². The molecular formula is C16H22ClNO3. The third-order valence-corrected chi connectivity index (χ3v) is 4.16. The summed E-state index contributed by atoms with van der Waals surface area (Å²) >= 11 is 5.89. The predicted molar refractivity (Wildman–Crippen MR) is 83.6 cm³/mol. The standard InChI is InChI=1S/C16H22ClNO3/c1-20-13-7-8-15(21-2)14(11-13)16(19)18(10-9-17)12-5-3-4-6-12/h7-8,11-12H,3-6,9-10H2,1-2H3. The van der Waals surface area contributed by atoms with Gasteiger partial charge in [-0.1, -0.05) is 12.8 Å². The van der Waals surface area contributed by atoms with Crippen LogP contribution in [0.2, 0.25) is 0 Å². The van der Waals surface area contributed by atoms with Crippen LogP contribution in [0.5, 0.6) is 11.5 Å². The first-order valence-electron chi connectivity index (χ1n) is 7.30. The van der Waals surface area contributed by atoms with Crippen molar-refractivity contribution in [3.63, 3.8) is 0 Å². The van der Waals surface area contributed by atoms with Crippen molar-refractivity contribution in [3.05, 3.63) is 23.8 Å². The molecule has 0 atom stereocenters. The van der Waals surface area contributed by atoms with Crippen molar-refractivity contribution < 1.29 is 14.3 Å². The van der Waals surface area contributed by atoms with E-state index in [1.54, 1.807) is 32.4 Å². The van der Waals surface area contributed by atoms with Crippen LogP contribution in [0.1, 0.15) is 36.0 Å². The van der Waals surface area contributed by atoms with E-state index in [4.69, 9.17) is 21.1 Å². The zero-order valence-corrected chi connectivity index (χ0v) is 13.4. The van der Waals surface area contributed by atoms with E-state index in [-0.39, 0.29) is 11.9 Å². The van der Waals surface area contributed by atoms with Crippen molar-refractivity contribution in [3.8, 4) is 11.5 Å². The maximum atomic E-state index is 12.9. The van der Waals surface area contributed by atoms with Crippen LogP contribution in [-0.4, -0.2) is 43.5 Å². The molecule has 0 radical (unpaired) electrons. The number of halogens is 1. The van der Waals surface area contributed by atoms with Crippen molar-refractivity contribution in [2.45, 2.75) is 31.7 Å². The molecule has 1 aliphatic rings. The molecule has 0 heterocycles. The second-order valence-corrected chi connectivity index (χ2v) is 5.57. The summed E-state index contributed by atoms with van der Waals surface area (Å²) in [6.45, 7) is 0.561. The van der Waals surface area contributed by atoms with Crippen molar-refractivity contribution in [2.75, 3.05) is 26.6 Å². The van der Waals surface area contributed by atoms with Gasteiger partial charge < -0.3 is 14.4 Å². The summed E-state index contributed by atoms with van der Waals surface area (Å²) < 4.78 is 10.5. The Labute approximate surface area is 131 Å². The third kappa shape index (κ3) is 3.62. The van der Waals surface area contributed by atoms with Crippen LogP contribution >= 0.6 is 11.6 Å². The Morgan fingerprint density at radius 1 is 1.29 bits per heavy atom. The second kappa shape index (κ2) is 7.55. The molecule has 0 saturated heterocycles. The van der Waals surface area contributed by atoms with Gasteiger partial charge in [-0.2, -0.15) is 0 Å². The van der Waals surface area contributed by atoms with Gasteiger partial charge in [0.05, 0.1) is 19.8 Å². The lowest BCUT2D eigenvalue weighted by molar-refractivity contribution is 0.0691. The fourth-order valence-electron chi connectivity index (χ4n) is 2.89. The van der Waals surface area contributed by atoms with Gasteiger partial charge in [0.1, 0.15) is 11.5 Å². The van der Waals surface area contributed by atoms with Gasteiger partial charge in [-0.3, -0.25) is 4.79 Å². The molecule has 0 unspecified atom stereocenters. The molecule has 1 fully saturated rings. The number of carbonyl (C=O) groups is 1. The van der Waals surface area contributed by atoms with Gasteiger partial charge in [0, 0.05) is 18.5 Å². The van der Waals surface area contributed by atoms with Crippen LogP contribution in [0.3, 0.4) is 0 Å². The highest BCUT2D eigenvalue weighted by Gasteiger charge is 2.28. The number of hydrogen-bond donors (Lipinski definition) is 0. The summed E-state index contributed by atoms with van der Waals surface area (Å²) in [7, 11) is 3.16. The number of nitrogens with zero attached hydrogens (tertiary/aromatic N) is 1. The molecule has 5 heteroatoms. The number of rotatable bonds is 6. The van der Waals surface area contributed by atoms with Crippen molar-refractivity contribution in [1.82, 2.24) is 4.90 Å². The molecule has 116 valence electrons. The molecule has 1 saturated carbocycles. The SMILES string of the molecule is COc1ccc(OC)c(C(=O)N(CCCl)C2CCCC2)c1. The normalized spacial score (nSPS) is 15.0. The van der Waals surface area contributed by atoms with Gasteiger partial charge in [0.15, 0.2) is 0 Å². The Balaban J connectivity index is 2.30. The topological polar surface area (TPSA) is 38.8 Å². The number of amides is 1. The van der Waals surface area contributed by atoms with Gasteiger partial charge in [-0.25, -0.2) is 0 Å². The van der Waals surface area contributed by atoms with E-state index in [9.17, 15) is 4.79 Å². The number of ether oxygens (including phenoxy) is 2. The first kappa shape index (κ1) is 16.0. The monoisotopic (exact) mass is 311 g/mol. The molecule has 4 nitrogen and oxygen atoms in total. The molecule has 0 aliphatic heterocycles. The quantitative estimate of drug-likeness (QED) is 0.756. The van der Waals surface area contributed by atoms with Gasteiger partial charge in [-0.15, -0.1) is 11.6 Å². The highest BCUT2D eigenvalue weighted by atomic mass is 35.5. The molecule has 1 aliphatic carbocycles. The Morgan fingerprint density at radius 2 is 2.00 bits per heavy atom. The zero-order chi connectivity index (χ0) is 15.2. The molecule has 21 heavy (non-hydrogen) atoms. The summed E-state index contributed by atoms with van der Waals surface area (Å²) in [5, 5.41) is 0. The Kier molecular flexibility index (Phi) is 5.74. The summed E-state index contributed by atoms with van der Waals surface area (Å²) in [4.78, 5) is 14.8. The predicted octanol–water partition coefficient (Wildman–Crippen LogP) is 3.33. The third-order valence-electron chi connectivity index (χ3n) is 3.99. The molecule has 2 rings (SSSR count). The smallest absolute Gasteiger partial charge is 0.258 e. The summed E-state index contributed by atoms with van der Waals surface area (Å²) in [5.41, 5.74) is 0.536. The van der Waals surface area contributed by atoms with E-state index >= 15 is 0 Å². The van der Waals surface area contributed by atoms with E-state index in [1.807, 2.05) is 4.90 Å². The number of carbonyl (C=O) groups excluding carboxylic acids is 1. The van der Waals surface area contributed by atoms with Crippen molar-refractivity contribution in [2.24, 2.45) is 0 Å². The van der Waals surface area contributed by atoms with E-state index in [0.29, 0.717) is 29.5 Å². The van der Waals surface area contributed by atoms with E-state index in [0.717, 1.165) is 12.8 Å². The minimum Gasteiger partial charge on any atom is -0.497 e. The fraction of sp³-hybridized carbons (Fsp3) is 0.562. The number of benzene rings is 1. The Morgan fingerprint density at radius 3 is 2.57 bits per heavy atom. The maximum Gasteiger partial charge on any atom is 0.258 e. The minimum atomic E-state index is -0.0294. The molecule has 0 aromatic heterocycles. The second-order valence-electron chi connectivity index (χ2n) is 5.19. The van der Waals surface area contributed by atoms with Gasteiger partial charge in [0.2, 0.25) is 0 Å². The average Bonchev–Trinajstić information content (AvgIpc) is 3.05. The van der Waals surface area contributed by atoms with E-state index in [2.05, 4.69) is 0 Å². The highest BCUT2D eigenvalue weighted by molar-refractivity contribution is 6.18. The minimum absolute atomic E-state index is 0.0294. The van der Waals surface area contributed by atoms with Crippen LogP contribution in [-0.2, 0) is 0 Å². The molecule has 1 aromatic rings. The molecule has 0 N–H and O–H groups in total. The first-order chi connectivity index (χ1) is 10.2.